The zero-order valence-corrected chi connectivity index (χ0v) is 15.0. The van der Waals surface area contributed by atoms with Gasteiger partial charge in [0.05, 0.1) is 12.3 Å². The van der Waals surface area contributed by atoms with Gasteiger partial charge in [0.15, 0.2) is 0 Å². The van der Waals surface area contributed by atoms with Crippen LogP contribution in [0.3, 0.4) is 0 Å². The zero-order valence-electron chi connectivity index (χ0n) is 15.0. The van der Waals surface area contributed by atoms with Crippen LogP contribution in [0.1, 0.15) is 28.4 Å². The minimum absolute atomic E-state index is 0.0600. The molecule has 0 fully saturated rings. The van der Waals surface area contributed by atoms with E-state index in [-0.39, 0.29) is 17.8 Å². The Morgan fingerprint density at radius 3 is 2.32 bits per heavy atom. The molecule has 28 heavy (non-hydrogen) atoms. The molecule has 1 amide bonds. The number of carbonyl (C=O) groups is 1. The fraction of sp³-hybridized carbons (Fsp3) is 0.100. The van der Waals surface area contributed by atoms with Crippen molar-refractivity contribution in [3.63, 3.8) is 0 Å². The standard InChI is InChI=1S/C20H18N4O4/c1-13(22-23-17(25)15-10-6-3-7-11-15)16-18(26)21-20(28)24(19(16)27)12-14-8-4-2-5-9-14/h2-11,27H,12H2,1H3,(H,23,25)(H,21,26,28)/b22-13-. The van der Waals surface area contributed by atoms with Crippen molar-refractivity contribution in [1.29, 1.82) is 0 Å². The van der Waals surface area contributed by atoms with Gasteiger partial charge in [-0.3, -0.25) is 19.1 Å². The van der Waals surface area contributed by atoms with E-state index in [0.29, 0.717) is 5.56 Å². The molecule has 0 spiro atoms. The number of hydrogen-bond donors (Lipinski definition) is 3. The highest BCUT2D eigenvalue weighted by Crippen LogP contribution is 2.13. The van der Waals surface area contributed by atoms with Crippen molar-refractivity contribution in [1.82, 2.24) is 15.0 Å². The monoisotopic (exact) mass is 378 g/mol. The molecule has 0 saturated carbocycles. The minimum Gasteiger partial charge on any atom is -0.494 e. The van der Waals surface area contributed by atoms with E-state index in [4.69, 9.17) is 0 Å². The number of carbonyl (C=O) groups excluding carboxylic acids is 1. The number of amides is 1. The summed E-state index contributed by atoms with van der Waals surface area (Å²) in [7, 11) is 0. The van der Waals surface area contributed by atoms with E-state index in [0.717, 1.165) is 10.1 Å². The lowest BCUT2D eigenvalue weighted by Crippen LogP contribution is -2.34. The van der Waals surface area contributed by atoms with E-state index in [1.165, 1.54) is 6.92 Å². The molecular weight excluding hydrogens is 360 g/mol. The molecule has 142 valence electrons. The molecule has 0 aliphatic rings. The molecule has 8 heteroatoms. The first-order valence-electron chi connectivity index (χ1n) is 8.47. The lowest BCUT2D eigenvalue weighted by molar-refractivity contribution is 0.0955. The Kier molecular flexibility index (Phi) is 5.50. The van der Waals surface area contributed by atoms with Crippen molar-refractivity contribution < 1.29 is 9.90 Å². The second kappa shape index (κ2) is 8.17. The minimum atomic E-state index is -0.790. The summed E-state index contributed by atoms with van der Waals surface area (Å²) >= 11 is 0. The summed E-state index contributed by atoms with van der Waals surface area (Å²) in [5, 5.41) is 14.4. The van der Waals surface area contributed by atoms with Crippen molar-refractivity contribution in [2.75, 3.05) is 0 Å². The van der Waals surface area contributed by atoms with Crippen molar-refractivity contribution >= 4 is 11.6 Å². The number of nitrogens with zero attached hydrogens (tertiary/aromatic N) is 2. The molecule has 0 atom stereocenters. The molecule has 8 nitrogen and oxygen atoms in total. The molecule has 0 aliphatic heterocycles. The molecule has 0 aliphatic carbocycles. The third-order valence-electron chi connectivity index (χ3n) is 4.08. The molecule has 3 aromatic rings. The lowest BCUT2D eigenvalue weighted by Gasteiger charge is -2.11. The molecule has 3 N–H and O–H groups in total. The Morgan fingerprint density at radius 2 is 1.68 bits per heavy atom. The average Bonchev–Trinajstić information content (AvgIpc) is 2.70. The van der Waals surface area contributed by atoms with E-state index in [1.807, 2.05) is 6.07 Å². The third kappa shape index (κ3) is 4.07. The first-order chi connectivity index (χ1) is 13.5. The van der Waals surface area contributed by atoms with E-state index in [2.05, 4.69) is 15.5 Å². The summed E-state index contributed by atoms with van der Waals surface area (Å²) in [5.74, 6) is -0.985. The quantitative estimate of drug-likeness (QED) is 0.460. The molecule has 1 heterocycles. The molecule has 0 radical (unpaired) electrons. The highest BCUT2D eigenvalue weighted by molar-refractivity contribution is 6.02. The smallest absolute Gasteiger partial charge is 0.331 e. The van der Waals surface area contributed by atoms with Crippen LogP contribution in [-0.4, -0.2) is 26.3 Å². The SMILES string of the molecule is C/C(=N/NC(=O)c1ccccc1)c1c(O)n(Cc2ccccc2)c(=O)[nH]c1=O. The zero-order chi connectivity index (χ0) is 20.1. The number of hydrazone groups is 1. The second-order valence-corrected chi connectivity index (χ2v) is 6.03. The predicted octanol–water partition coefficient (Wildman–Crippen LogP) is 1.44. The maximum absolute atomic E-state index is 12.2. The second-order valence-electron chi connectivity index (χ2n) is 6.03. The van der Waals surface area contributed by atoms with Crippen LogP contribution in [0.15, 0.2) is 75.4 Å². The van der Waals surface area contributed by atoms with Crippen LogP contribution in [0, 0.1) is 0 Å². The fourth-order valence-electron chi connectivity index (χ4n) is 2.64. The van der Waals surface area contributed by atoms with Crippen molar-refractivity contribution in [3.05, 3.63) is 98.2 Å². The molecule has 0 bridgehead atoms. The average molecular weight is 378 g/mol. The van der Waals surface area contributed by atoms with Gasteiger partial charge < -0.3 is 5.11 Å². The number of rotatable bonds is 5. The van der Waals surface area contributed by atoms with Gasteiger partial charge in [0.1, 0.15) is 5.56 Å². The van der Waals surface area contributed by atoms with Crippen LogP contribution in [0.25, 0.3) is 0 Å². The van der Waals surface area contributed by atoms with Crippen molar-refractivity contribution in [2.45, 2.75) is 13.5 Å². The maximum Gasteiger partial charge on any atom is 0.331 e. The predicted molar refractivity (Wildman–Crippen MR) is 105 cm³/mol. The summed E-state index contributed by atoms with van der Waals surface area (Å²) in [5.41, 5.74) is 1.84. The molecule has 0 saturated heterocycles. The van der Waals surface area contributed by atoms with Gasteiger partial charge in [0.25, 0.3) is 11.5 Å². The number of benzene rings is 2. The molecule has 1 aromatic heterocycles. The number of aromatic hydroxyl groups is 1. The Bertz CT molecular complexity index is 1130. The molecular formula is C20H18N4O4. The van der Waals surface area contributed by atoms with Gasteiger partial charge in [-0.05, 0) is 24.6 Å². The summed E-state index contributed by atoms with van der Waals surface area (Å²) in [6.07, 6.45) is 0. The highest BCUT2D eigenvalue weighted by Gasteiger charge is 2.17. The Hall–Kier alpha value is -3.94. The lowest BCUT2D eigenvalue weighted by atomic mass is 10.2. The maximum atomic E-state index is 12.2. The van der Waals surface area contributed by atoms with Crippen LogP contribution >= 0.6 is 0 Å². The Morgan fingerprint density at radius 1 is 1.07 bits per heavy atom. The third-order valence-corrected chi connectivity index (χ3v) is 4.08. The molecule has 2 aromatic carbocycles. The van der Waals surface area contributed by atoms with E-state index in [9.17, 15) is 19.5 Å². The normalized spacial score (nSPS) is 11.2. The number of aromatic nitrogens is 2. The van der Waals surface area contributed by atoms with Crippen molar-refractivity contribution in [3.8, 4) is 5.88 Å². The summed E-state index contributed by atoms with van der Waals surface area (Å²) in [6, 6.07) is 17.4. The van der Waals surface area contributed by atoms with E-state index in [1.54, 1.807) is 54.6 Å². The first-order valence-corrected chi connectivity index (χ1v) is 8.47. The number of hydrogen-bond acceptors (Lipinski definition) is 5. The molecule has 0 unspecified atom stereocenters. The van der Waals surface area contributed by atoms with Gasteiger partial charge in [0.2, 0.25) is 5.88 Å². The van der Waals surface area contributed by atoms with E-state index >= 15 is 0 Å². The van der Waals surface area contributed by atoms with Gasteiger partial charge >= 0.3 is 5.69 Å². The largest absolute Gasteiger partial charge is 0.494 e. The van der Waals surface area contributed by atoms with Gasteiger partial charge in [0, 0.05) is 5.56 Å². The van der Waals surface area contributed by atoms with Crippen LogP contribution in [0.2, 0.25) is 0 Å². The van der Waals surface area contributed by atoms with Gasteiger partial charge in [-0.25, -0.2) is 10.2 Å². The topological polar surface area (TPSA) is 117 Å². The number of nitrogens with one attached hydrogen (secondary N) is 2. The Balaban J connectivity index is 1.92. The molecule has 3 rings (SSSR count). The van der Waals surface area contributed by atoms with Crippen LogP contribution in [-0.2, 0) is 6.54 Å². The summed E-state index contributed by atoms with van der Waals surface area (Å²) in [4.78, 5) is 38.6. The van der Waals surface area contributed by atoms with Crippen LogP contribution in [0.5, 0.6) is 5.88 Å². The van der Waals surface area contributed by atoms with Crippen LogP contribution in [0.4, 0.5) is 0 Å². The van der Waals surface area contributed by atoms with Gasteiger partial charge in [-0.15, -0.1) is 0 Å². The first kappa shape index (κ1) is 18.8. The summed E-state index contributed by atoms with van der Waals surface area (Å²) < 4.78 is 1.03. The fourth-order valence-corrected chi connectivity index (χ4v) is 2.64. The highest BCUT2D eigenvalue weighted by atomic mass is 16.3. The van der Waals surface area contributed by atoms with E-state index < -0.39 is 23.0 Å². The Labute approximate surface area is 159 Å². The van der Waals surface area contributed by atoms with Gasteiger partial charge in [-0.1, -0.05) is 48.5 Å². The van der Waals surface area contributed by atoms with Crippen molar-refractivity contribution in [2.24, 2.45) is 5.10 Å². The number of H-pyrrole nitrogens is 1. The number of aromatic amines is 1. The van der Waals surface area contributed by atoms with Crippen LogP contribution < -0.4 is 16.7 Å². The van der Waals surface area contributed by atoms with Gasteiger partial charge in [-0.2, -0.15) is 5.10 Å². The summed E-state index contributed by atoms with van der Waals surface area (Å²) in [6.45, 7) is 1.52.